The normalized spacial score (nSPS) is 17.9. The number of carboxylic acid groups (broad SMARTS) is 1. The third kappa shape index (κ3) is 2.86. The standard InChI is InChI=1S/C11H16N4O3/c16-8-5-12-6-13-11-10(8)14-7-15(11)4-2-1-3-9(17)18/h6-8,16H,1-5H2,(H,12,13)(H,17,18). The third-order valence-corrected chi connectivity index (χ3v) is 2.79. The molecular weight excluding hydrogens is 236 g/mol. The van der Waals surface area contributed by atoms with Crippen molar-refractivity contribution in [3.63, 3.8) is 0 Å². The average Bonchev–Trinajstić information content (AvgIpc) is 2.64. The highest BCUT2D eigenvalue weighted by Crippen LogP contribution is 2.23. The lowest BCUT2D eigenvalue weighted by atomic mass is 10.2. The highest BCUT2D eigenvalue weighted by Gasteiger charge is 2.19. The lowest BCUT2D eigenvalue weighted by molar-refractivity contribution is -0.137. The molecule has 0 spiro atoms. The van der Waals surface area contributed by atoms with E-state index < -0.39 is 12.1 Å². The second-order valence-corrected chi connectivity index (χ2v) is 4.18. The number of nitrogens with zero attached hydrogens (tertiary/aromatic N) is 3. The summed E-state index contributed by atoms with van der Waals surface area (Å²) >= 11 is 0. The number of fused-ring (bicyclic) bond motifs is 1. The number of aliphatic hydroxyl groups excluding tert-OH is 1. The first-order chi connectivity index (χ1) is 8.68. The van der Waals surface area contributed by atoms with Crippen molar-refractivity contribution in [1.29, 1.82) is 0 Å². The van der Waals surface area contributed by atoms with Gasteiger partial charge < -0.3 is 20.1 Å². The smallest absolute Gasteiger partial charge is 0.303 e. The average molecular weight is 252 g/mol. The molecule has 0 aliphatic carbocycles. The van der Waals surface area contributed by atoms with Gasteiger partial charge in [0.25, 0.3) is 0 Å². The largest absolute Gasteiger partial charge is 0.481 e. The van der Waals surface area contributed by atoms with Gasteiger partial charge in [-0.1, -0.05) is 0 Å². The van der Waals surface area contributed by atoms with E-state index >= 15 is 0 Å². The lowest BCUT2D eigenvalue weighted by Gasteiger charge is -2.08. The molecule has 98 valence electrons. The van der Waals surface area contributed by atoms with Gasteiger partial charge in [0.1, 0.15) is 17.6 Å². The molecule has 1 aromatic rings. The second kappa shape index (κ2) is 5.63. The minimum absolute atomic E-state index is 0.175. The zero-order valence-corrected chi connectivity index (χ0v) is 9.91. The van der Waals surface area contributed by atoms with Crippen LogP contribution < -0.4 is 5.32 Å². The fourth-order valence-electron chi connectivity index (χ4n) is 1.87. The molecule has 7 heteroatoms. The predicted molar refractivity (Wildman–Crippen MR) is 65.7 cm³/mol. The summed E-state index contributed by atoms with van der Waals surface area (Å²) in [4.78, 5) is 18.5. The molecule has 0 aromatic carbocycles. The van der Waals surface area contributed by atoms with Gasteiger partial charge in [0.05, 0.1) is 19.2 Å². The number of aromatic nitrogens is 2. The summed E-state index contributed by atoms with van der Waals surface area (Å²) in [5.41, 5.74) is 0.589. The van der Waals surface area contributed by atoms with Crippen molar-refractivity contribution >= 4 is 18.1 Å². The number of hydrogen-bond donors (Lipinski definition) is 3. The minimum Gasteiger partial charge on any atom is -0.481 e. The molecule has 7 nitrogen and oxygen atoms in total. The maximum atomic E-state index is 10.4. The van der Waals surface area contributed by atoms with E-state index in [0.717, 1.165) is 12.2 Å². The molecule has 0 saturated carbocycles. The van der Waals surface area contributed by atoms with E-state index in [0.29, 0.717) is 25.2 Å². The van der Waals surface area contributed by atoms with E-state index in [9.17, 15) is 9.90 Å². The second-order valence-electron chi connectivity index (χ2n) is 4.18. The molecule has 1 aliphatic heterocycles. The SMILES string of the molecule is O=C(O)CCCCn1cnc2c1NC=NCC2O. The molecule has 1 atom stereocenters. The van der Waals surface area contributed by atoms with Crippen molar-refractivity contribution < 1.29 is 15.0 Å². The van der Waals surface area contributed by atoms with Gasteiger partial charge in [-0.05, 0) is 12.8 Å². The van der Waals surface area contributed by atoms with E-state index in [4.69, 9.17) is 5.11 Å². The summed E-state index contributed by atoms with van der Waals surface area (Å²) < 4.78 is 1.87. The Labute approximate surface area is 104 Å². The number of hydrogen-bond acceptors (Lipinski definition) is 5. The van der Waals surface area contributed by atoms with Crippen LogP contribution in [0.3, 0.4) is 0 Å². The molecule has 3 N–H and O–H groups in total. The third-order valence-electron chi connectivity index (χ3n) is 2.79. The quantitative estimate of drug-likeness (QED) is 0.667. The summed E-state index contributed by atoms with van der Waals surface area (Å²) in [5, 5.41) is 21.3. The fourth-order valence-corrected chi connectivity index (χ4v) is 1.87. The van der Waals surface area contributed by atoms with E-state index in [1.54, 1.807) is 12.7 Å². The van der Waals surface area contributed by atoms with Crippen molar-refractivity contribution in [3.8, 4) is 0 Å². The van der Waals surface area contributed by atoms with Crippen molar-refractivity contribution in [2.75, 3.05) is 11.9 Å². The van der Waals surface area contributed by atoms with Gasteiger partial charge in [0.15, 0.2) is 0 Å². The van der Waals surface area contributed by atoms with Crippen molar-refractivity contribution in [2.24, 2.45) is 4.99 Å². The van der Waals surface area contributed by atoms with Crippen LogP contribution in [0, 0.1) is 0 Å². The van der Waals surface area contributed by atoms with Crippen LogP contribution in [0.5, 0.6) is 0 Å². The fraction of sp³-hybridized carbons (Fsp3) is 0.545. The number of rotatable bonds is 5. The molecule has 0 radical (unpaired) electrons. The van der Waals surface area contributed by atoms with Gasteiger partial charge in [-0.3, -0.25) is 9.79 Å². The van der Waals surface area contributed by atoms with Gasteiger partial charge in [-0.25, -0.2) is 4.98 Å². The number of aliphatic imine (C=N–C) groups is 1. The molecule has 1 aromatic heterocycles. The summed E-state index contributed by atoms with van der Waals surface area (Å²) in [6.07, 6.45) is 4.06. The van der Waals surface area contributed by atoms with Gasteiger partial charge in [-0.15, -0.1) is 0 Å². The molecule has 0 saturated heterocycles. The highest BCUT2D eigenvalue weighted by molar-refractivity contribution is 5.76. The molecule has 2 rings (SSSR count). The summed E-state index contributed by atoms with van der Waals surface area (Å²) in [6, 6.07) is 0. The number of carbonyl (C=O) groups is 1. The molecule has 1 aliphatic rings. The summed E-state index contributed by atoms with van der Waals surface area (Å²) in [7, 11) is 0. The molecule has 0 amide bonds. The van der Waals surface area contributed by atoms with Crippen LogP contribution >= 0.6 is 0 Å². The number of anilines is 1. The van der Waals surface area contributed by atoms with Gasteiger partial charge in [0.2, 0.25) is 0 Å². The topological polar surface area (TPSA) is 99.7 Å². The molecule has 0 fully saturated rings. The van der Waals surface area contributed by atoms with Gasteiger partial charge in [-0.2, -0.15) is 0 Å². The maximum Gasteiger partial charge on any atom is 0.303 e. The molecular formula is C11H16N4O3. The Morgan fingerprint density at radius 2 is 2.39 bits per heavy atom. The first-order valence-corrected chi connectivity index (χ1v) is 5.88. The Kier molecular flexibility index (Phi) is 3.93. The lowest BCUT2D eigenvalue weighted by Crippen LogP contribution is -2.07. The number of nitrogens with one attached hydrogen (secondary N) is 1. The molecule has 18 heavy (non-hydrogen) atoms. The van der Waals surface area contributed by atoms with E-state index in [1.807, 2.05) is 4.57 Å². The Morgan fingerprint density at radius 1 is 1.56 bits per heavy atom. The van der Waals surface area contributed by atoms with Crippen LogP contribution in [0.15, 0.2) is 11.3 Å². The monoisotopic (exact) mass is 252 g/mol. The van der Waals surface area contributed by atoms with E-state index in [-0.39, 0.29) is 6.42 Å². The van der Waals surface area contributed by atoms with Crippen LogP contribution in [0.2, 0.25) is 0 Å². The van der Waals surface area contributed by atoms with Crippen molar-refractivity contribution in [3.05, 3.63) is 12.0 Å². The zero-order chi connectivity index (χ0) is 13.0. The number of unbranched alkanes of at least 4 members (excludes halogenated alkanes) is 1. The minimum atomic E-state index is -0.778. The van der Waals surface area contributed by atoms with Crippen molar-refractivity contribution in [1.82, 2.24) is 9.55 Å². The number of aliphatic hydroxyl groups is 1. The number of aliphatic carboxylic acids is 1. The van der Waals surface area contributed by atoms with Crippen LogP contribution in [0.25, 0.3) is 0 Å². The Hall–Kier alpha value is -1.89. The maximum absolute atomic E-state index is 10.4. The zero-order valence-electron chi connectivity index (χ0n) is 9.91. The molecule has 2 heterocycles. The van der Waals surface area contributed by atoms with Crippen LogP contribution in [0.1, 0.15) is 31.1 Å². The van der Waals surface area contributed by atoms with Gasteiger partial charge >= 0.3 is 5.97 Å². The Morgan fingerprint density at radius 3 is 3.17 bits per heavy atom. The Bertz CT molecular complexity index is 455. The highest BCUT2D eigenvalue weighted by atomic mass is 16.4. The summed E-state index contributed by atoms with van der Waals surface area (Å²) in [5.74, 6) is -0.0424. The van der Waals surface area contributed by atoms with Gasteiger partial charge in [0, 0.05) is 13.0 Å². The van der Waals surface area contributed by atoms with Crippen molar-refractivity contribution in [2.45, 2.75) is 31.9 Å². The number of carboxylic acids is 1. The first-order valence-electron chi connectivity index (χ1n) is 5.88. The van der Waals surface area contributed by atoms with E-state index in [2.05, 4.69) is 15.3 Å². The Balaban J connectivity index is 1.97. The molecule has 1 unspecified atom stereocenters. The van der Waals surface area contributed by atoms with Crippen LogP contribution in [-0.2, 0) is 11.3 Å². The number of imidazole rings is 1. The van der Waals surface area contributed by atoms with Crippen LogP contribution in [-0.4, -0.2) is 38.6 Å². The predicted octanol–water partition coefficient (Wildman–Crippen LogP) is 0.625. The van der Waals surface area contributed by atoms with E-state index in [1.165, 1.54) is 0 Å². The first kappa shape index (κ1) is 12.6. The molecule has 0 bridgehead atoms. The van der Waals surface area contributed by atoms with Crippen LogP contribution in [0.4, 0.5) is 5.82 Å². The number of aryl methyl sites for hydroxylation is 1. The summed E-state index contributed by atoms with van der Waals surface area (Å²) in [6.45, 7) is 0.971.